The van der Waals surface area contributed by atoms with Gasteiger partial charge in [0.2, 0.25) is 0 Å². The van der Waals surface area contributed by atoms with Crippen molar-refractivity contribution in [2.24, 2.45) is 0 Å². The van der Waals surface area contributed by atoms with Crippen LogP contribution in [0.3, 0.4) is 0 Å². The number of hydrogen-bond acceptors (Lipinski definition) is 3. The Kier molecular flexibility index (Phi) is 5.01. The highest BCUT2D eigenvalue weighted by Gasteiger charge is 2.16. The molecular weight excluding hydrogens is 385 g/mol. The van der Waals surface area contributed by atoms with Gasteiger partial charge in [-0.25, -0.2) is 4.39 Å². The number of methoxy groups -OCH3 is 1. The van der Waals surface area contributed by atoms with Gasteiger partial charge < -0.3 is 9.47 Å². The molecule has 0 N–H and O–H groups in total. The van der Waals surface area contributed by atoms with Crippen LogP contribution < -0.4 is 9.47 Å². The third-order valence-corrected chi connectivity index (χ3v) is 4.32. The molecule has 0 aliphatic heterocycles. The molecule has 124 valence electrons. The minimum absolute atomic E-state index is 0.266. The third-order valence-electron chi connectivity index (χ3n) is 3.66. The number of halogens is 2. The summed E-state index contributed by atoms with van der Waals surface area (Å²) in [5.41, 5.74) is 1.05. The zero-order valence-corrected chi connectivity index (χ0v) is 14.9. The van der Waals surface area contributed by atoms with Crippen molar-refractivity contribution in [2.45, 2.75) is 0 Å². The molecule has 0 heterocycles. The van der Waals surface area contributed by atoms with Crippen LogP contribution in [0.4, 0.5) is 4.39 Å². The average Bonchev–Trinajstić information content (AvgIpc) is 2.63. The van der Waals surface area contributed by atoms with Gasteiger partial charge >= 0.3 is 0 Å². The van der Waals surface area contributed by atoms with E-state index in [1.807, 2.05) is 18.2 Å². The average molecular weight is 398 g/mol. The molecule has 0 bridgehead atoms. The van der Waals surface area contributed by atoms with Crippen LogP contribution in [0, 0.1) is 17.1 Å². The van der Waals surface area contributed by atoms with Gasteiger partial charge in [-0.2, -0.15) is 5.26 Å². The summed E-state index contributed by atoms with van der Waals surface area (Å²) in [6.45, 7) is 0. The summed E-state index contributed by atoms with van der Waals surface area (Å²) in [5.74, 6) is 0.891. The molecule has 5 heteroatoms. The Balaban J connectivity index is 2.08. The normalized spacial score (nSPS) is 10.2. The lowest BCUT2D eigenvalue weighted by Gasteiger charge is -2.13. The standard InChI is InChI=1S/C20H13BrFNO2/c1-24-13-9-10-15(18(22)11-13)14-5-4-8-19(16(14)12-23)25-20-7-3-2-6-17(20)21/h2-11H,1H3. The quantitative estimate of drug-likeness (QED) is 0.547. The van der Waals surface area contributed by atoms with Crippen LogP contribution in [-0.2, 0) is 0 Å². The first-order valence-corrected chi connectivity index (χ1v) is 8.22. The molecule has 0 radical (unpaired) electrons. The van der Waals surface area contributed by atoms with E-state index in [0.29, 0.717) is 28.4 Å². The van der Waals surface area contributed by atoms with Gasteiger partial charge in [-0.1, -0.05) is 24.3 Å². The first-order valence-electron chi connectivity index (χ1n) is 7.43. The summed E-state index contributed by atoms with van der Waals surface area (Å²) in [6.07, 6.45) is 0. The summed E-state index contributed by atoms with van der Waals surface area (Å²) in [6, 6.07) is 19.1. The topological polar surface area (TPSA) is 42.2 Å². The number of ether oxygens (including phenoxy) is 2. The van der Waals surface area contributed by atoms with Gasteiger partial charge in [-0.15, -0.1) is 0 Å². The Morgan fingerprint density at radius 1 is 0.960 bits per heavy atom. The van der Waals surface area contributed by atoms with E-state index in [1.54, 1.807) is 36.4 Å². The summed E-state index contributed by atoms with van der Waals surface area (Å²) in [5, 5.41) is 9.61. The molecule has 0 aliphatic rings. The second-order valence-corrected chi connectivity index (χ2v) is 6.02. The fourth-order valence-electron chi connectivity index (χ4n) is 2.44. The Hall–Kier alpha value is -2.84. The lowest BCUT2D eigenvalue weighted by Crippen LogP contribution is -1.94. The van der Waals surface area contributed by atoms with Crippen molar-refractivity contribution in [3.8, 4) is 34.4 Å². The van der Waals surface area contributed by atoms with Crippen LogP contribution in [0.5, 0.6) is 17.2 Å². The molecule has 0 aliphatic carbocycles. The van der Waals surface area contributed by atoms with Crippen molar-refractivity contribution in [3.63, 3.8) is 0 Å². The summed E-state index contributed by atoms with van der Waals surface area (Å²) >= 11 is 3.41. The molecule has 3 aromatic carbocycles. The lowest BCUT2D eigenvalue weighted by atomic mass is 9.99. The minimum atomic E-state index is -0.464. The first kappa shape index (κ1) is 17.0. The molecule has 3 aromatic rings. The van der Waals surface area contributed by atoms with Crippen molar-refractivity contribution in [2.75, 3.05) is 7.11 Å². The highest BCUT2D eigenvalue weighted by molar-refractivity contribution is 9.10. The lowest BCUT2D eigenvalue weighted by molar-refractivity contribution is 0.411. The molecule has 0 fully saturated rings. The predicted octanol–water partition coefficient (Wildman–Crippen LogP) is 5.93. The van der Waals surface area contributed by atoms with Gasteiger partial charge in [0, 0.05) is 17.2 Å². The van der Waals surface area contributed by atoms with Crippen molar-refractivity contribution >= 4 is 15.9 Å². The van der Waals surface area contributed by atoms with E-state index in [0.717, 1.165) is 4.47 Å². The van der Waals surface area contributed by atoms with Crippen molar-refractivity contribution in [3.05, 3.63) is 76.5 Å². The summed E-state index contributed by atoms with van der Waals surface area (Å²) < 4.78 is 26.1. The number of nitrogens with zero attached hydrogens (tertiary/aromatic N) is 1. The maximum absolute atomic E-state index is 14.4. The third kappa shape index (κ3) is 3.49. The number of nitriles is 1. The highest BCUT2D eigenvalue weighted by Crippen LogP contribution is 2.36. The molecule has 3 nitrogen and oxygen atoms in total. The van der Waals surface area contributed by atoms with E-state index in [1.165, 1.54) is 13.2 Å². The monoisotopic (exact) mass is 397 g/mol. The summed E-state index contributed by atoms with van der Waals surface area (Å²) in [7, 11) is 1.47. The molecule has 0 atom stereocenters. The van der Waals surface area contributed by atoms with Crippen LogP contribution in [-0.4, -0.2) is 7.11 Å². The predicted molar refractivity (Wildman–Crippen MR) is 97.3 cm³/mol. The van der Waals surface area contributed by atoms with Gasteiger partial charge in [0.25, 0.3) is 0 Å². The second kappa shape index (κ2) is 7.37. The van der Waals surface area contributed by atoms with Crippen molar-refractivity contribution < 1.29 is 13.9 Å². The molecule has 0 spiro atoms. The molecule has 0 amide bonds. The number of rotatable bonds is 4. The van der Waals surface area contributed by atoms with E-state index in [4.69, 9.17) is 9.47 Å². The van der Waals surface area contributed by atoms with Crippen LogP contribution in [0.25, 0.3) is 11.1 Å². The molecule has 3 rings (SSSR count). The van der Waals surface area contributed by atoms with E-state index in [2.05, 4.69) is 22.0 Å². The van der Waals surface area contributed by atoms with Crippen LogP contribution in [0.2, 0.25) is 0 Å². The van der Waals surface area contributed by atoms with Crippen LogP contribution >= 0.6 is 15.9 Å². The van der Waals surface area contributed by atoms with Gasteiger partial charge in [0.05, 0.1) is 11.6 Å². The highest BCUT2D eigenvalue weighted by atomic mass is 79.9. The Labute approximate surface area is 153 Å². The Morgan fingerprint density at radius 2 is 1.72 bits per heavy atom. The molecular formula is C20H13BrFNO2. The van der Waals surface area contributed by atoms with Gasteiger partial charge in [0.15, 0.2) is 0 Å². The van der Waals surface area contributed by atoms with Crippen molar-refractivity contribution in [1.29, 1.82) is 5.26 Å². The maximum atomic E-state index is 14.4. The first-order chi connectivity index (χ1) is 12.1. The van der Waals surface area contributed by atoms with E-state index >= 15 is 0 Å². The SMILES string of the molecule is COc1ccc(-c2cccc(Oc3ccccc3Br)c2C#N)c(F)c1. The van der Waals surface area contributed by atoms with E-state index < -0.39 is 5.82 Å². The van der Waals surface area contributed by atoms with Crippen LogP contribution in [0.15, 0.2) is 65.1 Å². The number of para-hydroxylation sites is 1. The van der Waals surface area contributed by atoms with Gasteiger partial charge in [0.1, 0.15) is 34.7 Å². The molecule has 0 aromatic heterocycles. The Morgan fingerprint density at radius 3 is 2.40 bits per heavy atom. The zero-order chi connectivity index (χ0) is 17.8. The fourth-order valence-corrected chi connectivity index (χ4v) is 2.81. The molecule has 0 saturated carbocycles. The number of hydrogen-bond donors (Lipinski definition) is 0. The van der Waals surface area contributed by atoms with Crippen molar-refractivity contribution in [1.82, 2.24) is 0 Å². The van der Waals surface area contributed by atoms with Crippen LogP contribution in [0.1, 0.15) is 5.56 Å². The molecule has 0 saturated heterocycles. The van der Waals surface area contributed by atoms with Gasteiger partial charge in [-0.05, 0) is 46.3 Å². The van der Waals surface area contributed by atoms with E-state index in [9.17, 15) is 9.65 Å². The Bertz CT molecular complexity index is 966. The minimum Gasteiger partial charge on any atom is -0.497 e. The maximum Gasteiger partial charge on any atom is 0.145 e. The smallest absolute Gasteiger partial charge is 0.145 e. The summed E-state index contributed by atoms with van der Waals surface area (Å²) in [4.78, 5) is 0. The zero-order valence-electron chi connectivity index (χ0n) is 13.3. The number of benzene rings is 3. The largest absolute Gasteiger partial charge is 0.497 e. The fraction of sp³-hybridized carbons (Fsp3) is 0.0500. The van der Waals surface area contributed by atoms with E-state index in [-0.39, 0.29) is 5.56 Å². The van der Waals surface area contributed by atoms with Gasteiger partial charge in [-0.3, -0.25) is 0 Å². The molecule has 0 unspecified atom stereocenters. The second-order valence-electron chi connectivity index (χ2n) is 5.17. The molecule has 25 heavy (non-hydrogen) atoms.